The number of imidazole rings is 1. The number of nitrogens with zero attached hydrogens (tertiary/aromatic N) is 5. The molecule has 0 aliphatic carbocycles. The van der Waals surface area contributed by atoms with E-state index in [-0.39, 0.29) is 6.04 Å². The summed E-state index contributed by atoms with van der Waals surface area (Å²) in [6, 6.07) is 11.5. The van der Waals surface area contributed by atoms with Crippen molar-refractivity contribution in [3.63, 3.8) is 0 Å². The average Bonchev–Trinajstić information content (AvgIpc) is 3.40. The number of halogens is 1. The van der Waals surface area contributed by atoms with Gasteiger partial charge in [-0.05, 0) is 61.6 Å². The first-order valence-corrected chi connectivity index (χ1v) is 10.2. The highest BCUT2D eigenvalue weighted by atomic mass is 35.5. The first-order valence-electron chi connectivity index (χ1n) is 9.82. The van der Waals surface area contributed by atoms with Crippen molar-refractivity contribution in [2.45, 2.75) is 33.2 Å². The zero-order valence-electron chi connectivity index (χ0n) is 16.6. The Morgan fingerprint density at radius 2 is 1.97 bits per heavy atom. The van der Waals surface area contributed by atoms with Crippen molar-refractivity contribution < 1.29 is 0 Å². The summed E-state index contributed by atoms with van der Waals surface area (Å²) in [5.41, 5.74) is 6.15. The van der Waals surface area contributed by atoms with Gasteiger partial charge in [0.15, 0.2) is 0 Å². The highest BCUT2D eigenvalue weighted by Crippen LogP contribution is 2.42. The first-order chi connectivity index (χ1) is 14.0. The summed E-state index contributed by atoms with van der Waals surface area (Å²) in [4.78, 5) is 12.5. The van der Waals surface area contributed by atoms with Crippen LogP contribution in [0.2, 0.25) is 5.02 Å². The molecule has 1 radical (unpaired) electrons. The molecule has 4 aromatic rings. The highest BCUT2D eigenvalue weighted by Gasteiger charge is 2.36. The smallest absolute Gasteiger partial charge is 0.130 e. The second-order valence-corrected chi connectivity index (χ2v) is 8.31. The molecule has 1 saturated heterocycles. The number of H-pyrrole nitrogens is 1. The molecule has 0 amide bonds. The zero-order chi connectivity index (χ0) is 20.1. The number of hydrogen-bond donors (Lipinski definition) is 1. The molecule has 2 aromatic carbocycles. The molecule has 147 valence electrons. The number of nitrogens with one attached hydrogen (secondary N) is 1. The van der Waals surface area contributed by atoms with E-state index in [1.165, 1.54) is 0 Å². The van der Waals surface area contributed by atoms with Gasteiger partial charge in [-0.2, -0.15) is 10.2 Å². The zero-order valence-corrected chi connectivity index (χ0v) is 17.4. The molecular formula is C22H22ClN6. The molecule has 1 fully saturated rings. The van der Waals surface area contributed by atoms with Crippen LogP contribution in [0.4, 0.5) is 5.69 Å². The van der Waals surface area contributed by atoms with E-state index in [4.69, 9.17) is 16.6 Å². The molecule has 2 atom stereocenters. The van der Waals surface area contributed by atoms with Crippen LogP contribution in [-0.2, 0) is 0 Å². The predicted octanol–water partition coefficient (Wildman–Crippen LogP) is 4.80. The first kappa shape index (κ1) is 18.2. The van der Waals surface area contributed by atoms with Gasteiger partial charge in [-0.25, -0.2) is 4.98 Å². The van der Waals surface area contributed by atoms with Crippen LogP contribution in [0.5, 0.6) is 0 Å². The molecule has 1 N–H and O–H groups in total. The van der Waals surface area contributed by atoms with E-state index < -0.39 is 0 Å². The lowest BCUT2D eigenvalue weighted by Crippen LogP contribution is -2.27. The quantitative estimate of drug-likeness (QED) is 0.531. The molecule has 29 heavy (non-hydrogen) atoms. The van der Waals surface area contributed by atoms with E-state index in [1.54, 1.807) is 17.2 Å². The third kappa shape index (κ3) is 3.08. The van der Waals surface area contributed by atoms with Gasteiger partial charge in [0.1, 0.15) is 11.5 Å². The van der Waals surface area contributed by atoms with Crippen LogP contribution >= 0.6 is 11.6 Å². The largest absolute Gasteiger partial charge is 0.359 e. The van der Waals surface area contributed by atoms with Crippen LogP contribution in [0.1, 0.15) is 36.3 Å². The molecule has 5 rings (SSSR count). The minimum Gasteiger partial charge on any atom is -0.359 e. The van der Waals surface area contributed by atoms with Crippen LogP contribution in [0.3, 0.4) is 0 Å². The van der Waals surface area contributed by atoms with Gasteiger partial charge in [0.2, 0.25) is 0 Å². The molecule has 6 nitrogen and oxygen atoms in total. The van der Waals surface area contributed by atoms with Gasteiger partial charge in [0.25, 0.3) is 0 Å². The Kier molecular flexibility index (Phi) is 4.32. The van der Waals surface area contributed by atoms with Crippen LogP contribution in [0.25, 0.3) is 16.7 Å². The number of aryl methyl sites for hydroxylation is 2. The number of hydrogen-bond acceptors (Lipinski definition) is 4. The van der Waals surface area contributed by atoms with Crippen LogP contribution in [-0.4, -0.2) is 31.5 Å². The fraction of sp³-hybridized carbons (Fsp3) is 0.318. The molecule has 2 aromatic heterocycles. The summed E-state index contributed by atoms with van der Waals surface area (Å²) in [6.45, 7) is 7.36. The summed E-state index contributed by atoms with van der Waals surface area (Å²) in [7, 11) is 0. The van der Waals surface area contributed by atoms with E-state index in [0.29, 0.717) is 10.9 Å². The van der Waals surface area contributed by atoms with Gasteiger partial charge in [-0.3, -0.25) is 0 Å². The maximum Gasteiger partial charge on any atom is 0.130 e. The molecule has 0 unspecified atom stereocenters. The lowest BCUT2D eigenvalue weighted by molar-refractivity contribution is 0.513. The Hall–Kier alpha value is -2.86. The SMILES string of the molecule is Cc1c[c]c(-n2nccn2)c(N2CC[C@H](C)[C@H]2c2nc3cc(Cl)cc(C)c3[nH]2)c1. The molecule has 0 bridgehead atoms. The standard InChI is InChI=1S/C22H22ClN6/c1-13-4-5-18(29-24-7-8-25-29)19(10-13)28-9-6-14(2)21(28)22-26-17-12-16(23)11-15(3)20(17)27-22/h4,7-8,10-12,14,21H,6,9H2,1-3H3,(H,26,27)/t14-,21-/m0/s1. The van der Waals surface area contributed by atoms with E-state index in [9.17, 15) is 0 Å². The summed E-state index contributed by atoms with van der Waals surface area (Å²) in [5, 5.41) is 9.37. The summed E-state index contributed by atoms with van der Waals surface area (Å²) in [5.74, 6) is 1.42. The van der Waals surface area contributed by atoms with Gasteiger partial charge in [0.05, 0.1) is 35.2 Å². The lowest BCUT2D eigenvalue weighted by Gasteiger charge is -2.29. The number of benzene rings is 2. The van der Waals surface area contributed by atoms with Gasteiger partial charge in [-0.15, -0.1) is 4.80 Å². The van der Waals surface area contributed by atoms with E-state index in [1.807, 2.05) is 18.2 Å². The highest BCUT2D eigenvalue weighted by molar-refractivity contribution is 6.31. The summed E-state index contributed by atoms with van der Waals surface area (Å²) < 4.78 is 0. The van der Waals surface area contributed by atoms with Crippen molar-refractivity contribution in [1.29, 1.82) is 0 Å². The fourth-order valence-corrected chi connectivity index (χ4v) is 4.60. The average molecular weight is 406 g/mol. The predicted molar refractivity (Wildman–Crippen MR) is 115 cm³/mol. The maximum absolute atomic E-state index is 6.26. The van der Waals surface area contributed by atoms with Crippen molar-refractivity contribution >= 4 is 28.3 Å². The maximum atomic E-state index is 6.26. The molecule has 7 heteroatoms. The van der Waals surface area contributed by atoms with Gasteiger partial charge < -0.3 is 9.88 Å². The number of aromatic amines is 1. The van der Waals surface area contributed by atoms with Gasteiger partial charge in [-0.1, -0.05) is 18.5 Å². The molecule has 3 heterocycles. The van der Waals surface area contributed by atoms with E-state index >= 15 is 0 Å². The number of anilines is 1. The Bertz CT molecular complexity index is 1180. The van der Waals surface area contributed by atoms with E-state index in [0.717, 1.165) is 52.3 Å². The monoisotopic (exact) mass is 405 g/mol. The fourth-order valence-electron chi connectivity index (χ4n) is 4.33. The molecular weight excluding hydrogens is 384 g/mol. The molecule has 0 saturated carbocycles. The topological polar surface area (TPSA) is 62.6 Å². The minimum atomic E-state index is 0.130. The third-order valence-electron chi connectivity index (χ3n) is 5.73. The Balaban J connectivity index is 1.64. The van der Waals surface area contributed by atoms with Crippen molar-refractivity contribution in [1.82, 2.24) is 25.0 Å². The van der Waals surface area contributed by atoms with Gasteiger partial charge in [0, 0.05) is 17.6 Å². The van der Waals surface area contributed by atoms with Crippen molar-refractivity contribution in [3.05, 3.63) is 64.7 Å². The third-order valence-corrected chi connectivity index (χ3v) is 5.94. The minimum absolute atomic E-state index is 0.130. The summed E-state index contributed by atoms with van der Waals surface area (Å²) in [6.07, 6.45) is 4.46. The number of fused-ring (bicyclic) bond motifs is 1. The molecule has 0 spiro atoms. The second kappa shape index (κ2) is 6.88. The Labute approximate surface area is 174 Å². The van der Waals surface area contributed by atoms with E-state index in [2.05, 4.69) is 53.0 Å². The molecule has 1 aliphatic rings. The van der Waals surface area contributed by atoms with Crippen LogP contribution in [0.15, 0.2) is 36.7 Å². The van der Waals surface area contributed by atoms with Crippen molar-refractivity contribution in [3.8, 4) is 5.69 Å². The summed E-state index contributed by atoms with van der Waals surface area (Å²) >= 11 is 6.26. The second-order valence-electron chi connectivity index (χ2n) is 7.87. The van der Waals surface area contributed by atoms with Crippen LogP contribution < -0.4 is 4.90 Å². The Morgan fingerprint density at radius 1 is 1.17 bits per heavy atom. The number of rotatable bonds is 3. The van der Waals surface area contributed by atoms with Crippen molar-refractivity contribution in [2.24, 2.45) is 5.92 Å². The lowest BCUT2D eigenvalue weighted by atomic mass is 10.0. The van der Waals surface area contributed by atoms with Crippen LogP contribution in [0, 0.1) is 25.8 Å². The molecule has 1 aliphatic heterocycles. The number of aromatic nitrogens is 5. The van der Waals surface area contributed by atoms with Gasteiger partial charge >= 0.3 is 0 Å². The Morgan fingerprint density at radius 3 is 2.76 bits per heavy atom. The normalized spacial score (nSPS) is 19.4. The van der Waals surface area contributed by atoms with Crippen molar-refractivity contribution in [2.75, 3.05) is 11.4 Å².